The van der Waals surface area contributed by atoms with Gasteiger partial charge in [-0.3, -0.25) is 4.79 Å². The lowest BCUT2D eigenvalue weighted by Crippen LogP contribution is -2.36. The summed E-state index contributed by atoms with van der Waals surface area (Å²) < 4.78 is 10.9. The highest BCUT2D eigenvalue weighted by Gasteiger charge is 2.20. The largest absolute Gasteiger partial charge is 0.494 e. The molecule has 1 amide bonds. The van der Waals surface area contributed by atoms with Gasteiger partial charge in [-0.25, -0.2) is 4.98 Å². The number of morpholine rings is 1. The molecule has 3 aromatic rings. The molecule has 2 heterocycles. The highest BCUT2D eigenvalue weighted by atomic mass is 35.5. The van der Waals surface area contributed by atoms with Gasteiger partial charge in [0.05, 0.1) is 36.9 Å². The van der Waals surface area contributed by atoms with Crippen molar-refractivity contribution in [2.75, 3.05) is 43.1 Å². The lowest BCUT2D eigenvalue weighted by molar-refractivity contribution is 0.103. The molecule has 0 spiro atoms. The van der Waals surface area contributed by atoms with Crippen LogP contribution in [0.15, 0.2) is 42.5 Å². The van der Waals surface area contributed by atoms with Crippen LogP contribution in [0, 0.1) is 6.92 Å². The van der Waals surface area contributed by atoms with Gasteiger partial charge < -0.3 is 19.7 Å². The molecule has 2 aromatic carbocycles. The Bertz CT molecular complexity index is 1060. The molecule has 31 heavy (non-hydrogen) atoms. The van der Waals surface area contributed by atoms with Gasteiger partial charge in [-0.1, -0.05) is 11.6 Å². The standard InChI is InChI=1S/C23H24ClN3O3S/c1-3-30-18-7-4-16(5-8-18)23-25-15(2)21(31-23)22(28)26-19-14-17(24)6-9-20(19)27-10-12-29-13-11-27/h4-9,14H,3,10-13H2,1-2H3,(H,26,28). The Hall–Kier alpha value is -2.61. The fourth-order valence-corrected chi connectivity index (χ4v) is 4.60. The van der Waals surface area contributed by atoms with Crippen molar-refractivity contribution in [3.63, 3.8) is 0 Å². The number of hydrogen-bond donors (Lipinski definition) is 1. The zero-order valence-corrected chi connectivity index (χ0v) is 19.1. The highest BCUT2D eigenvalue weighted by Crippen LogP contribution is 2.33. The quantitative estimate of drug-likeness (QED) is 0.547. The maximum atomic E-state index is 13.1. The van der Waals surface area contributed by atoms with E-state index in [1.165, 1.54) is 11.3 Å². The molecule has 0 unspecified atom stereocenters. The van der Waals surface area contributed by atoms with E-state index in [9.17, 15) is 4.79 Å². The predicted octanol–water partition coefficient (Wildman–Crippen LogP) is 5.26. The zero-order valence-electron chi connectivity index (χ0n) is 17.5. The molecule has 162 valence electrons. The number of nitrogens with zero attached hydrogens (tertiary/aromatic N) is 2. The first-order chi connectivity index (χ1) is 15.0. The highest BCUT2D eigenvalue weighted by molar-refractivity contribution is 7.17. The van der Waals surface area contributed by atoms with Crippen LogP contribution in [0.4, 0.5) is 11.4 Å². The van der Waals surface area contributed by atoms with Crippen molar-refractivity contribution < 1.29 is 14.3 Å². The van der Waals surface area contributed by atoms with Gasteiger partial charge in [0.15, 0.2) is 0 Å². The maximum Gasteiger partial charge on any atom is 0.267 e. The number of carbonyl (C=O) groups excluding carboxylic acids is 1. The van der Waals surface area contributed by atoms with Gasteiger partial charge in [0, 0.05) is 23.7 Å². The van der Waals surface area contributed by atoms with Crippen LogP contribution in [0.25, 0.3) is 10.6 Å². The van der Waals surface area contributed by atoms with Crippen LogP contribution >= 0.6 is 22.9 Å². The van der Waals surface area contributed by atoms with E-state index in [1.54, 1.807) is 6.07 Å². The van der Waals surface area contributed by atoms with E-state index in [-0.39, 0.29) is 5.91 Å². The molecule has 1 aliphatic rings. The molecule has 0 bridgehead atoms. The Morgan fingerprint density at radius 2 is 1.97 bits per heavy atom. The third-order valence-corrected chi connectivity index (χ3v) is 6.41. The third-order valence-electron chi connectivity index (χ3n) is 4.97. The summed E-state index contributed by atoms with van der Waals surface area (Å²) >= 11 is 7.60. The average Bonchev–Trinajstić information content (AvgIpc) is 3.17. The van der Waals surface area contributed by atoms with Crippen LogP contribution in [0.5, 0.6) is 5.75 Å². The number of anilines is 2. The van der Waals surface area contributed by atoms with E-state index >= 15 is 0 Å². The topological polar surface area (TPSA) is 63.7 Å². The van der Waals surface area contributed by atoms with Gasteiger partial charge in [-0.05, 0) is 56.3 Å². The van der Waals surface area contributed by atoms with Crippen LogP contribution in [0.3, 0.4) is 0 Å². The summed E-state index contributed by atoms with van der Waals surface area (Å²) in [5.74, 6) is 0.623. The van der Waals surface area contributed by atoms with E-state index in [2.05, 4.69) is 15.2 Å². The van der Waals surface area contributed by atoms with Crippen molar-refractivity contribution >= 4 is 40.2 Å². The number of rotatable bonds is 6. The molecule has 8 heteroatoms. The smallest absolute Gasteiger partial charge is 0.267 e. The number of halogens is 1. The number of benzene rings is 2. The summed E-state index contributed by atoms with van der Waals surface area (Å²) in [6, 6.07) is 13.3. The van der Waals surface area contributed by atoms with Gasteiger partial charge >= 0.3 is 0 Å². The fraction of sp³-hybridized carbons (Fsp3) is 0.304. The van der Waals surface area contributed by atoms with Gasteiger partial charge in [0.1, 0.15) is 15.6 Å². The van der Waals surface area contributed by atoms with Crippen LogP contribution in [-0.2, 0) is 4.74 Å². The molecule has 1 aromatic heterocycles. The molecule has 1 fully saturated rings. The molecular weight excluding hydrogens is 434 g/mol. The molecule has 0 aliphatic carbocycles. The second-order valence-electron chi connectivity index (χ2n) is 7.11. The monoisotopic (exact) mass is 457 g/mol. The number of ether oxygens (including phenoxy) is 2. The van der Waals surface area contributed by atoms with Crippen molar-refractivity contribution in [2.24, 2.45) is 0 Å². The van der Waals surface area contributed by atoms with Gasteiger partial charge in [0.2, 0.25) is 0 Å². The number of thiazole rings is 1. The maximum absolute atomic E-state index is 13.1. The minimum atomic E-state index is -0.191. The van der Waals surface area contributed by atoms with Gasteiger partial charge in [-0.2, -0.15) is 0 Å². The number of amides is 1. The zero-order chi connectivity index (χ0) is 21.8. The number of aromatic nitrogens is 1. The van der Waals surface area contributed by atoms with Crippen molar-refractivity contribution in [1.82, 2.24) is 4.98 Å². The van der Waals surface area contributed by atoms with E-state index in [1.807, 2.05) is 50.2 Å². The molecule has 4 rings (SSSR count). The summed E-state index contributed by atoms with van der Waals surface area (Å²) in [4.78, 5) is 20.5. The fourth-order valence-electron chi connectivity index (χ4n) is 3.46. The normalized spacial score (nSPS) is 13.8. The molecule has 1 saturated heterocycles. The summed E-state index contributed by atoms with van der Waals surface area (Å²) in [5.41, 5.74) is 3.28. The Morgan fingerprint density at radius 1 is 1.23 bits per heavy atom. The molecular formula is C23H24ClN3O3S. The van der Waals surface area contributed by atoms with E-state index in [4.69, 9.17) is 21.1 Å². The summed E-state index contributed by atoms with van der Waals surface area (Å²) in [7, 11) is 0. The lowest BCUT2D eigenvalue weighted by Gasteiger charge is -2.30. The molecule has 0 saturated carbocycles. The van der Waals surface area contributed by atoms with E-state index in [0.717, 1.165) is 35.1 Å². The van der Waals surface area contributed by atoms with Crippen LogP contribution in [0.2, 0.25) is 5.02 Å². The first kappa shape index (κ1) is 21.6. The molecule has 0 radical (unpaired) electrons. The van der Waals surface area contributed by atoms with Gasteiger partial charge in [0.25, 0.3) is 5.91 Å². The van der Waals surface area contributed by atoms with Crippen LogP contribution in [-0.4, -0.2) is 43.8 Å². The van der Waals surface area contributed by atoms with Gasteiger partial charge in [-0.15, -0.1) is 11.3 Å². The van der Waals surface area contributed by atoms with Crippen molar-refractivity contribution in [3.05, 3.63) is 58.1 Å². The second-order valence-corrected chi connectivity index (χ2v) is 8.54. The minimum absolute atomic E-state index is 0.191. The van der Waals surface area contributed by atoms with Crippen LogP contribution in [0.1, 0.15) is 22.3 Å². The Balaban J connectivity index is 1.56. The average molecular weight is 458 g/mol. The first-order valence-corrected chi connectivity index (χ1v) is 11.4. The summed E-state index contributed by atoms with van der Waals surface area (Å²) in [6.45, 7) is 7.29. The molecule has 0 atom stereocenters. The van der Waals surface area contributed by atoms with E-state index < -0.39 is 0 Å². The summed E-state index contributed by atoms with van der Waals surface area (Å²) in [6.07, 6.45) is 0. The third kappa shape index (κ3) is 5.01. The minimum Gasteiger partial charge on any atom is -0.494 e. The van der Waals surface area contributed by atoms with Crippen LogP contribution < -0.4 is 15.0 Å². The molecule has 1 N–H and O–H groups in total. The number of aryl methyl sites for hydroxylation is 1. The van der Waals surface area contributed by atoms with Crippen molar-refractivity contribution in [2.45, 2.75) is 13.8 Å². The summed E-state index contributed by atoms with van der Waals surface area (Å²) in [5, 5.41) is 4.41. The lowest BCUT2D eigenvalue weighted by atomic mass is 10.2. The van der Waals surface area contributed by atoms with E-state index in [0.29, 0.717) is 41.1 Å². The second kappa shape index (κ2) is 9.68. The first-order valence-electron chi connectivity index (χ1n) is 10.2. The Kier molecular flexibility index (Phi) is 6.75. The Morgan fingerprint density at radius 3 is 2.68 bits per heavy atom. The molecule has 1 aliphatic heterocycles. The number of nitrogens with one attached hydrogen (secondary N) is 1. The Labute approximate surface area is 190 Å². The SMILES string of the molecule is CCOc1ccc(-c2nc(C)c(C(=O)Nc3cc(Cl)ccc3N3CCOCC3)s2)cc1. The number of hydrogen-bond acceptors (Lipinski definition) is 6. The van der Waals surface area contributed by atoms with Crippen molar-refractivity contribution in [3.8, 4) is 16.3 Å². The van der Waals surface area contributed by atoms with Crippen molar-refractivity contribution in [1.29, 1.82) is 0 Å². The molecule has 6 nitrogen and oxygen atoms in total. The number of carbonyl (C=O) groups is 1. The predicted molar refractivity (Wildman–Crippen MR) is 126 cm³/mol.